The van der Waals surface area contributed by atoms with Gasteiger partial charge in [0.15, 0.2) is 4.84 Å². The van der Waals surface area contributed by atoms with E-state index in [9.17, 15) is 9.59 Å². The van der Waals surface area contributed by atoms with Gasteiger partial charge in [0.1, 0.15) is 11.0 Å². The zero-order valence-corrected chi connectivity index (χ0v) is 17.9. The van der Waals surface area contributed by atoms with Crippen LogP contribution in [0.25, 0.3) is 10.6 Å². The van der Waals surface area contributed by atoms with Crippen LogP contribution in [0.1, 0.15) is 5.56 Å². The second-order valence-corrected chi connectivity index (χ2v) is 8.47. The number of alkyl halides is 2. The minimum Gasteiger partial charge on any atom is -0.342 e. The molecule has 0 spiro atoms. The van der Waals surface area contributed by atoms with Crippen LogP contribution in [-0.4, -0.2) is 32.9 Å². The lowest BCUT2D eigenvalue weighted by molar-refractivity contribution is -0.125. The molecule has 0 saturated heterocycles. The average Bonchev–Trinajstić information content (AvgIpc) is 3.17. The quantitative estimate of drug-likeness (QED) is 0.505. The second kappa shape index (κ2) is 10.0. The Balaban J connectivity index is 1.73. The van der Waals surface area contributed by atoms with Gasteiger partial charge in [-0.15, -0.1) is 10.2 Å². The SMILES string of the molecule is O=C(N[C@@H](Cc1ccccc1)C(=O)Nc1nnc(-c2ccc(Cl)cc2)s1)C(Cl)Cl. The standard InChI is InChI=1S/C19H15Cl3N4O2S/c20-13-8-6-12(7-9-13)18-25-26-19(29-18)24-16(27)14(23-17(28)15(21)22)10-11-4-2-1-3-5-11/h1-9,14-15H,10H2,(H,23,28)(H,24,26,27)/t14-/m0/s1. The van der Waals surface area contributed by atoms with Crippen LogP contribution in [0.4, 0.5) is 5.13 Å². The summed E-state index contributed by atoms with van der Waals surface area (Å²) in [7, 11) is 0. The van der Waals surface area contributed by atoms with E-state index in [0.717, 1.165) is 11.1 Å². The lowest BCUT2D eigenvalue weighted by Crippen LogP contribution is -2.47. The molecule has 29 heavy (non-hydrogen) atoms. The maximum absolute atomic E-state index is 12.8. The lowest BCUT2D eigenvalue weighted by Gasteiger charge is -2.18. The Kier molecular flexibility index (Phi) is 7.44. The van der Waals surface area contributed by atoms with Gasteiger partial charge in [-0.3, -0.25) is 14.9 Å². The molecule has 0 aliphatic rings. The van der Waals surface area contributed by atoms with Crippen LogP contribution in [0.15, 0.2) is 54.6 Å². The summed E-state index contributed by atoms with van der Waals surface area (Å²) in [4.78, 5) is 23.4. The molecule has 0 unspecified atom stereocenters. The Bertz CT molecular complexity index is 981. The number of anilines is 1. The van der Waals surface area contributed by atoms with Crippen LogP contribution in [0.5, 0.6) is 0 Å². The topological polar surface area (TPSA) is 84.0 Å². The highest BCUT2D eigenvalue weighted by Crippen LogP contribution is 2.27. The number of carbonyl (C=O) groups excluding carboxylic acids is 2. The van der Waals surface area contributed by atoms with E-state index in [2.05, 4.69) is 20.8 Å². The van der Waals surface area contributed by atoms with Gasteiger partial charge in [-0.05, 0) is 17.7 Å². The number of hydrogen-bond donors (Lipinski definition) is 2. The van der Waals surface area contributed by atoms with Crippen molar-refractivity contribution >= 4 is 63.1 Å². The van der Waals surface area contributed by atoms with Crippen molar-refractivity contribution in [1.82, 2.24) is 15.5 Å². The summed E-state index contributed by atoms with van der Waals surface area (Å²) in [5.74, 6) is -1.10. The number of halogens is 3. The number of hydrogen-bond acceptors (Lipinski definition) is 5. The molecule has 0 radical (unpaired) electrons. The van der Waals surface area contributed by atoms with Gasteiger partial charge < -0.3 is 5.32 Å². The van der Waals surface area contributed by atoms with E-state index in [1.807, 2.05) is 42.5 Å². The zero-order chi connectivity index (χ0) is 20.8. The summed E-state index contributed by atoms with van der Waals surface area (Å²) >= 11 is 18.3. The second-order valence-electron chi connectivity index (χ2n) is 5.96. The van der Waals surface area contributed by atoms with Crippen molar-refractivity contribution in [2.24, 2.45) is 0 Å². The number of carbonyl (C=O) groups is 2. The molecule has 10 heteroatoms. The van der Waals surface area contributed by atoms with Crippen molar-refractivity contribution in [3.8, 4) is 10.6 Å². The van der Waals surface area contributed by atoms with Gasteiger partial charge in [0.05, 0.1) is 0 Å². The van der Waals surface area contributed by atoms with E-state index >= 15 is 0 Å². The first-order valence-electron chi connectivity index (χ1n) is 8.45. The summed E-state index contributed by atoms with van der Waals surface area (Å²) in [6.45, 7) is 0. The molecule has 6 nitrogen and oxygen atoms in total. The minimum absolute atomic E-state index is 0.266. The monoisotopic (exact) mass is 468 g/mol. The molecular formula is C19H15Cl3N4O2S. The van der Waals surface area contributed by atoms with Crippen LogP contribution < -0.4 is 10.6 Å². The minimum atomic E-state index is -1.28. The number of aromatic nitrogens is 2. The first-order chi connectivity index (χ1) is 13.9. The molecule has 3 rings (SSSR count). The van der Waals surface area contributed by atoms with Gasteiger partial charge >= 0.3 is 0 Å². The fourth-order valence-electron chi connectivity index (χ4n) is 2.47. The summed E-state index contributed by atoms with van der Waals surface area (Å²) in [5.41, 5.74) is 1.70. The van der Waals surface area contributed by atoms with E-state index in [4.69, 9.17) is 34.8 Å². The van der Waals surface area contributed by atoms with Crippen LogP contribution >= 0.6 is 46.1 Å². The summed E-state index contributed by atoms with van der Waals surface area (Å²) in [6.07, 6.45) is 0.266. The largest absolute Gasteiger partial charge is 0.342 e. The zero-order valence-electron chi connectivity index (χ0n) is 14.8. The number of nitrogens with zero attached hydrogens (tertiary/aromatic N) is 2. The molecule has 0 aliphatic heterocycles. The van der Waals surface area contributed by atoms with Gasteiger partial charge in [0.25, 0.3) is 5.91 Å². The van der Waals surface area contributed by atoms with Crippen molar-refractivity contribution < 1.29 is 9.59 Å². The smallest absolute Gasteiger partial charge is 0.253 e. The van der Waals surface area contributed by atoms with Crippen molar-refractivity contribution in [2.45, 2.75) is 17.3 Å². The van der Waals surface area contributed by atoms with Gasteiger partial charge in [0, 0.05) is 17.0 Å². The Labute approximate surface area is 186 Å². The van der Waals surface area contributed by atoms with Crippen LogP contribution in [0, 0.1) is 0 Å². The predicted octanol–water partition coefficient (Wildman–Crippen LogP) is 4.33. The maximum atomic E-state index is 12.8. The molecule has 1 aromatic heterocycles. The maximum Gasteiger partial charge on any atom is 0.253 e. The van der Waals surface area contributed by atoms with Crippen LogP contribution in [0.3, 0.4) is 0 Å². The van der Waals surface area contributed by atoms with E-state index in [-0.39, 0.29) is 6.42 Å². The summed E-state index contributed by atoms with van der Waals surface area (Å²) in [5, 5.41) is 14.9. The average molecular weight is 470 g/mol. The third kappa shape index (κ3) is 6.14. The highest BCUT2D eigenvalue weighted by atomic mass is 35.5. The van der Waals surface area contributed by atoms with E-state index in [1.54, 1.807) is 12.1 Å². The molecule has 3 aromatic rings. The van der Waals surface area contributed by atoms with Gasteiger partial charge in [-0.1, -0.05) is 88.6 Å². The normalized spacial score (nSPS) is 11.9. The fourth-order valence-corrected chi connectivity index (χ4v) is 3.47. The Morgan fingerprint density at radius 2 is 1.66 bits per heavy atom. The molecule has 0 aliphatic carbocycles. The summed E-state index contributed by atoms with van der Waals surface area (Å²) < 4.78 is 0. The highest BCUT2D eigenvalue weighted by molar-refractivity contribution is 7.18. The molecule has 2 N–H and O–H groups in total. The number of amides is 2. The molecule has 2 aromatic carbocycles. The fraction of sp³-hybridized carbons (Fsp3) is 0.158. The van der Waals surface area contributed by atoms with Crippen LogP contribution in [0.2, 0.25) is 5.02 Å². The van der Waals surface area contributed by atoms with Gasteiger partial charge in [-0.25, -0.2) is 0 Å². The lowest BCUT2D eigenvalue weighted by atomic mass is 10.1. The molecule has 0 bridgehead atoms. The van der Waals surface area contributed by atoms with Gasteiger partial charge in [-0.2, -0.15) is 0 Å². The van der Waals surface area contributed by atoms with E-state index < -0.39 is 22.7 Å². The van der Waals surface area contributed by atoms with Crippen LogP contribution in [-0.2, 0) is 16.0 Å². The van der Waals surface area contributed by atoms with Gasteiger partial charge in [0.2, 0.25) is 11.0 Å². The number of benzene rings is 2. The Morgan fingerprint density at radius 3 is 2.31 bits per heavy atom. The molecule has 1 atom stereocenters. The Hall–Kier alpha value is -2.19. The molecule has 0 saturated carbocycles. The van der Waals surface area contributed by atoms with E-state index in [1.165, 1.54) is 11.3 Å². The molecule has 2 amide bonds. The third-order valence-corrected chi connectivity index (χ3v) is 5.40. The summed E-state index contributed by atoms with van der Waals surface area (Å²) in [6, 6.07) is 15.5. The van der Waals surface area contributed by atoms with Crippen molar-refractivity contribution in [3.05, 3.63) is 65.2 Å². The van der Waals surface area contributed by atoms with Crippen molar-refractivity contribution in [1.29, 1.82) is 0 Å². The third-order valence-electron chi connectivity index (χ3n) is 3.86. The first kappa shape index (κ1) is 21.5. The molecular weight excluding hydrogens is 455 g/mol. The van der Waals surface area contributed by atoms with Crippen molar-refractivity contribution in [2.75, 3.05) is 5.32 Å². The van der Waals surface area contributed by atoms with E-state index in [0.29, 0.717) is 15.2 Å². The highest BCUT2D eigenvalue weighted by Gasteiger charge is 2.25. The molecule has 0 fully saturated rings. The van der Waals surface area contributed by atoms with Crippen molar-refractivity contribution in [3.63, 3.8) is 0 Å². The number of rotatable bonds is 7. The Morgan fingerprint density at radius 1 is 0.966 bits per heavy atom. The predicted molar refractivity (Wildman–Crippen MR) is 117 cm³/mol. The first-order valence-corrected chi connectivity index (χ1v) is 10.5. The number of nitrogens with one attached hydrogen (secondary N) is 2. The molecule has 150 valence electrons. The molecule has 1 heterocycles.